The normalized spacial score (nSPS) is 18.3. The van der Waals surface area contributed by atoms with Crippen molar-refractivity contribution in [3.05, 3.63) is 30.1 Å². The van der Waals surface area contributed by atoms with Crippen molar-refractivity contribution in [2.24, 2.45) is 5.41 Å². The molecule has 0 atom stereocenters. The number of aliphatic hydroxyl groups is 1. The second-order valence-electron chi connectivity index (χ2n) is 5.14. The lowest BCUT2D eigenvalue weighted by molar-refractivity contribution is 0.0718. The Balaban J connectivity index is 1.92. The maximum Gasteiger partial charge on any atom is 0.252 e. The summed E-state index contributed by atoms with van der Waals surface area (Å²) in [6.07, 6.45) is 8.72. The number of rotatable bonds is 4. The fourth-order valence-electron chi connectivity index (χ4n) is 2.56. The summed E-state index contributed by atoms with van der Waals surface area (Å²) in [5.41, 5.74) is 0.456. The van der Waals surface area contributed by atoms with Gasteiger partial charge in [0.1, 0.15) is 0 Å². The van der Waals surface area contributed by atoms with Gasteiger partial charge in [-0.15, -0.1) is 0 Å². The summed E-state index contributed by atoms with van der Waals surface area (Å²) in [7, 11) is 0. The van der Waals surface area contributed by atoms with E-state index in [0.29, 0.717) is 12.1 Å². The molecule has 18 heavy (non-hydrogen) atoms. The van der Waals surface area contributed by atoms with Gasteiger partial charge in [0.25, 0.3) is 5.91 Å². The van der Waals surface area contributed by atoms with Crippen LogP contribution >= 0.6 is 0 Å². The average Bonchev–Trinajstić information content (AvgIpc) is 2.47. The van der Waals surface area contributed by atoms with E-state index < -0.39 is 0 Å². The molecule has 1 saturated carbocycles. The Bertz CT molecular complexity index is 386. The number of nitrogens with zero attached hydrogens (tertiary/aromatic N) is 1. The van der Waals surface area contributed by atoms with Crippen molar-refractivity contribution < 1.29 is 9.90 Å². The van der Waals surface area contributed by atoms with Gasteiger partial charge in [-0.3, -0.25) is 9.78 Å². The molecule has 2 N–H and O–H groups in total. The van der Waals surface area contributed by atoms with Crippen LogP contribution in [0.2, 0.25) is 0 Å². The lowest BCUT2D eigenvalue weighted by Gasteiger charge is -2.35. The minimum atomic E-state index is -0.115. The van der Waals surface area contributed by atoms with Crippen LogP contribution in [0.3, 0.4) is 0 Å². The van der Waals surface area contributed by atoms with Crippen molar-refractivity contribution in [1.82, 2.24) is 10.3 Å². The molecule has 1 aliphatic carbocycles. The van der Waals surface area contributed by atoms with Crippen LogP contribution in [0, 0.1) is 5.41 Å². The average molecular weight is 248 g/mol. The maximum absolute atomic E-state index is 11.9. The molecule has 0 bridgehead atoms. The van der Waals surface area contributed by atoms with Crippen LogP contribution < -0.4 is 5.32 Å². The minimum absolute atomic E-state index is 0.110. The van der Waals surface area contributed by atoms with Crippen molar-refractivity contribution in [2.75, 3.05) is 13.2 Å². The molecular weight excluding hydrogens is 228 g/mol. The van der Waals surface area contributed by atoms with Gasteiger partial charge in [0.05, 0.1) is 12.2 Å². The van der Waals surface area contributed by atoms with Gasteiger partial charge in [-0.25, -0.2) is 0 Å². The number of aliphatic hydroxyl groups excluding tert-OH is 1. The van der Waals surface area contributed by atoms with E-state index in [4.69, 9.17) is 0 Å². The summed E-state index contributed by atoms with van der Waals surface area (Å²) >= 11 is 0. The number of carbonyl (C=O) groups is 1. The molecule has 1 aromatic heterocycles. The van der Waals surface area contributed by atoms with Crippen molar-refractivity contribution in [3.63, 3.8) is 0 Å². The molecule has 98 valence electrons. The quantitative estimate of drug-likeness (QED) is 0.853. The summed E-state index contributed by atoms with van der Waals surface area (Å²) in [4.78, 5) is 15.8. The molecule has 0 aliphatic heterocycles. The SMILES string of the molecule is O=C(NCC1(CO)CCCCC1)c1cccnc1. The number of hydrogen-bond donors (Lipinski definition) is 2. The highest BCUT2D eigenvalue weighted by Crippen LogP contribution is 2.35. The summed E-state index contributed by atoms with van der Waals surface area (Å²) in [5.74, 6) is -0.110. The molecule has 4 heteroatoms. The van der Waals surface area contributed by atoms with Gasteiger partial charge in [-0.05, 0) is 25.0 Å². The molecule has 0 radical (unpaired) electrons. The third kappa shape index (κ3) is 3.07. The van der Waals surface area contributed by atoms with E-state index in [1.165, 1.54) is 6.42 Å². The zero-order valence-corrected chi connectivity index (χ0v) is 10.6. The van der Waals surface area contributed by atoms with E-state index in [1.54, 1.807) is 24.5 Å². The number of hydrogen-bond acceptors (Lipinski definition) is 3. The Morgan fingerprint density at radius 2 is 2.17 bits per heavy atom. The number of pyridine rings is 1. The largest absolute Gasteiger partial charge is 0.396 e. The Labute approximate surface area is 107 Å². The van der Waals surface area contributed by atoms with Crippen LogP contribution in [-0.4, -0.2) is 29.1 Å². The van der Waals surface area contributed by atoms with Gasteiger partial charge in [0.15, 0.2) is 0 Å². The Kier molecular flexibility index (Phi) is 4.31. The molecule has 4 nitrogen and oxygen atoms in total. The van der Waals surface area contributed by atoms with E-state index in [0.717, 1.165) is 25.7 Å². The number of aromatic nitrogens is 1. The van der Waals surface area contributed by atoms with Crippen LogP contribution in [0.25, 0.3) is 0 Å². The predicted molar refractivity (Wildman–Crippen MR) is 69.2 cm³/mol. The first-order valence-electron chi connectivity index (χ1n) is 6.55. The fourth-order valence-corrected chi connectivity index (χ4v) is 2.56. The number of nitrogens with one attached hydrogen (secondary N) is 1. The Hall–Kier alpha value is -1.42. The second-order valence-corrected chi connectivity index (χ2v) is 5.14. The van der Waals surface area contributed by atoms with Crippen LogP contribution in [0.1, 0.15) is 42.5 Å². The summed E-state index contributed by atoms with van der Waals surface area (Å²) in [6, 6.07) is 3.49. The first kappa shape index (κ1) is 13.0. The highest BCUT2D eigenvalue weighted by atomic mass is 16.3. The third-order valence-corrected chi connectivity index (χ3v) is 3.80. The van der Waals surface area contributed by atoms with Gasteiger partial charge >= 0.3 is 0 Å². The highest BCUT2D eigenvalue weighted by Gasteiger charge is 2.31. The van der Waals surface area contributed by atoms with Crippen molar-refractivity contribution in [3.8, 4) is 0 Å². The van der Waals surface area contributed by atoms with Gasteiger partial charge in [0, 0.05) is 24.4 Å². The zero-order valence-electron chi connectivity index (χ0n) is 10.6. The summed E-state index contributed by atoms with van der Waals surface area (Å²) in [5, 5.41) is 12.5. The standard InChI is InChI=1S/C14H20N2O2/c17-11-14(6-2-1-3-7-14)10-16-13(18)12-5-4-8-15-9-12/h4-5,8-9,17H,1-3,6-7,10-11H2,(H,16,18). The van der Waals surface area contributed by atoms with E-state index in [9.17, 15) is 9.90 Å². The van der Waals surface area contributed by atoms with Gasteiger partial charge in [0.2, 0.25) is 0 Å². The number of amides is 1. The van der Waals surface area contributed by atoms with Crippen LogP contribution in [0.4, 0.5) is 0 Å². The van der Waals surface area contributed by atoms with Crippen LogP contribution in [0.15, 0.2) is 24.5 Å². The van der Waals surface area contributed by atoms with Crippen LogP contribution in [0.5, 0.6) is 0 Å². The first-order chi connectivity index (χ1) is 8.76. The number of carbonyl (C=O) groups excluding carboxylic acids is 1. The van der Waals surface area contributed by atoms with Crippen LogP contribution in [-0.2, 0) is 0 Å². The second kappa shape index (κ2) is 5.96. The molecule has 1 aliphatic rings. The lowest BCUT2D eigenvalue weighted by atomic mass is 9.74. The molecule has 0 unspecified atom stereocenters. The van der Waals surface area contributed by atoms with Gasteiger partial charge < -0.3 is 10.4 Å². The Morgan fingerprint density at radius 1 is 1.39 bits per heavy atom. The molecule has 2 rings (SSSR count). The molecule has 0 aromatic carbocycles. The molecule has 1 fully saturated rings. The smallest absolute Gasteiger partial charge is 0.252 e. The molecule has 0 spiro atoms. The molecule has 1 heterocycles. The van der Waals surface area contributed by atoms with E-state index >= 15 is 0 Å². The van der Waals surface area contributed by atoms with E-state index in [2.05, 4.69) is 10.3 Å². The van der Waals surface area contributed by atoms with Gasteiger partial charge in [-0.1, -0.05) is 19.3 Å². The Morgan fingerprint density at radius 3 is 2.78 bits per heavy atom. The summed E-state index contributed by atoms with van der Waals surface area (Å²) in [6.45, 7) is 0.706. The molecule has 1 aromatic rings. The van der Waals surface area contributed by atoms with E-state index in [1.807, 2.05) is 0 Å². The molecular formula is C14H20N2O2. The van der Waals surface area contributed by atoms with Crippen molar-refractivity contribution in [1.29, 1.82) is 0 Å². The van der Waals surface area contributed by atoms with E-state index in [-0.39, 0.29) is 17.9 Å². The molecule has 1 amide bonds. The zero-order chi connectivity index (χ0) is 12.8. The summed E-state index contributed by atoms with van der Waals surface area (Å²) < 4.78 is 0. The highest BCUT2D eigenvalue weighted by molar-refractivity contribution is 5.93. The first-order valence-corrected chi connectivity index (χ1v) is 6.55. The predicted octanol–water partition coefficient (Wildman–Crippen LogP) is 1.75. The van der Waals surface area contributed by atoms with Crippen molar-refractivity contribution >= 4 is 5.91 Å². The van der Waals surface area contributed by atoms with Crippen molar-refractivity contribution in [2.45, 2.75) is 32.1 Å². The maximum atomic E-state index is 11.9. The fraction of sp³-hybridized carbons (Fsp3) is 0.571. The monoisotopic (exact) mass is 248 g/mol. The topological polar surface area (TPSA) is 62.2 Å². The van der Waals surface area contributed by atoms with Gasteiger partial charge in [-0.2, -0.15) is 0 Å². The lowest BCUT2D eigenvalue weighted by Crippen LogP contribution is -2.41. The molecule has 0 saturated heterocycles. The third-order valence-electron chi connectivity index (χ3n) is 3.80. The minimum Gasteiger partial charge on any atom is -0.396 e.